The van der Waals surface area contributed by atoms with Crippen LogP contribution in [0.1, 0.15) is 18.5 Å². The van der Waals surface area contributed by atoms with Crippen LogP contribution in [0.25, 0.3) is 11.0 Å². The van der Waals surface area contributed by atoms with Crippen molar-refractivity contribution in [3.63, 3.8) is 0 Å². The maximum atomic E-state index is 11.3. The topological polar surface area (TPSA) is 60.7 Å². The fourth-order valence-electron chi connectivity index (χ4n) is 2.40. The number of hydrogen-bond donors (Lipinski definition) is 3. The normalized spacial score (nSPS) is 12.5. The molecule has 3 rings (SSSR count). The van der Waals surface area contributed by atoms with Crippen LogP contribution in [0.4, 0.5) is 5.69 Å². The van der Waals surface area contributed by atoms with Gasteiger partial charge in [-0.1, -0.05) is 18.2 Å². The number of rotatable bonds is 4. The molecule has 21 heavy (non-hydrogen) atoms. The van der Waals surface area contributed by atoms with Gasteiger partial charge in [0.2, 0.25) is 0 Å². The minimum absolute atomic E-state index is 0.154. The number of nitrogens with one attached hydrogen (secondary N) is 3. The van der Waals surface area contributed by atoms with Crippen molar-refractivity contribution in [3.05, 3.63) is 58.5 Å². The molecule has 0 amide bonds. The molecule has 4 nitrogen and oxygen atoms in total. The zero-order chi connectivity index (χ0) is 14.8. The zero-order valence-electron chi connectivity index (χ0n) is 11.9. The van der Waals surface area contributed by atoms with E-state index in [9.17, 15) is 4.79 Å². The van der Waals surface area contributed by atoms with Crippen LogP contribution in [-0.4, -0.2) is 16.2 Å². The number of fused-ring (bicyclic) bond motifs is 1. The molecule has 0 aliphatic carbocycles. The summed E-state index contributed by atoms with van der Waals surface area (Å²) in [4.78, 5) is 18.1. The third-order valence-corrected chi connectivity index (χ3v) is 4.31. The first-order valence-electron chi connectivity index (χ1n) is 6.79. The van der Waals surface area contributed by atoms with Crippen LogP contribution in [0.2, 0.25) is 0 Å². The summed E-state index contributed by atoms with van der Waals surface area (Å²) in [6.45, 7) is 2.11. The molecule has 0 aliphatic rings. The van der Waals surface area contributed by atoms with Crippen LogP contribution in [0.5, 0.6) is 0 Å². The Labute approximate surface area is 127 Å². The molecule has 1 aromatic heterocycles. The molecule has 0 spiro atoms. The quantitative estimate of drug-likeness (QED) is 0.643. The van der Waals surface area contributed by atoms with E-state index in [0.29, 0.717) is 0 Å². The number of hydrogen-bond acceptors (Lipinski definition) is 3. The Morgan fingerprint density at radius 1 is 1.10 bits per heavy atom. The monoisotopic (exact) mass is 299 g/mol. The van der Waals surface area contributed by atoms with Crippen LogP contribution in [-0.2, 0) is 0 Å². The molecule has 0 saturated heterocycles. The predicted molar refractivity (Wildman–Crippen MR) is 89.2 cm³/mol. The van der Waals surface area contributed by atoms with Crippen molar-refractivity contribution < 1.29 is 0 Å². The number of thioether (sulfide) groups is 1. The smallest absolute Gasteiger partial charge is 0.323 e. The Balaban J connectivity index is 1.89. The molecule has 0 fully saturated rings. The van der Waals surface area contributed by atoms with Crippen LogP contribution >= 0.6 is 11.8 Å². The fraction of sp³-hybridized carbons (Fsp3) is 0.188. The Morgan fingerprint density at radius 3 is 2.67 bits per heavy atom. The van der Waals surface area contributed by atoms with Crippen LogP contribution in [0, 0.1) is 0 Å². The van der Waals surface area contributed by atoms with Gasteiger partial charge in [-0.25, -0.2) is 4.79 Å². The summed E-state index contributed by atoms with van der Waals surface area (Å²) in [5.74, 6) is 0. The lowest BCUT2D eigenvalue weighted by Crippen LogP contribution is -2.07. The number of benzene rings is 2. The summed E-state index contributed by atoms with van der Waals surface area (Å²) in [5.41, 5.74) is 3.76. The Morgan fingerprint density at radius 2 is 1.86 bits per heavy atom. The molecule has 0 saturated carbocycles. The Hall–Kier alpha value is -2.14. The highest BCUT2D eigenvalue weighted by Crippen LogP contribution is 2.28. The highest BCUT2D eigenvalue weighted by Gasteiger charge is 2.09. The second-order valence-electron chi connectivity index (χ2n) is 4.95. The summed E-state index contributed by atoms with van der Waals surface area (Å²) >= 11 is 1.72. The maximum Gasteiger partial charge on any atom is 0.323 e. The molecule has 1 heterocycles. The standard InChI is InChI=1S/C16H17N3OS/c1-10(17-13-5-3-4-6-15(13)21-2)11-7-8-12-14(9-11)19-16(20)18-12/h3-10,17H,1-2H3,(H2,18,19,20). The largest absolute Gasteiger partial charge is 0.378 e. The van der Waals surface area contributed by atoms with Crippen LogP contribution in [0.15, 0.2) is 52.2 Å². The summed E-state index contributed by atoms with van der Waals surface area (Å²) in [6, 6.07) is 14.4. The molecule has 0 bridgehead atoms. The van der Waals surface area contributed by atoms with Crippen molar-refractivity contribution in [1.29, 1.82) is 0 Å². The van der Waals surface area contributed by atoms with Gasteiger partial charge >= 0.3 is 5.69 Å². The first kappa shape index (κ1) is 13.8. The van der Waals surface area contributed by atoms with Crippen LogP contribution in [0.3, 0.4) is 0 Å². The number of para-hydroxylation sites is 1. The maximum absolute atomic E-state index is 11.3. The molecule has 0 radical (unpaired) electrons. The lowest BCUT2D eigenvalue weighted by Gasteiger charge is -2.18. The van der Waals surface area contributed by atoms with Gasteiger partial charge in [0.1, 0.15) is 0 Å². The van der Waals surface area contributed by atoms with Crippen molar-refractivity contribution in [3.8, 4) is 0 Å². The zero-order valence-corrected chi connectivity index (χ0v) is 12.8. The predicted octanol–water partition coefficient (Wildman–Crippen LogP) is 3.75. The van der Waals surface area contributed by atoms with Gasteiger partial charge < -0.3 is 15.3 Å². The molecule has 1 atom stereocenters. The summed E-state index contributed by atoms with van der Waals surface area (Å²) in [7, 11) is 0. The summed E-state index contributed by atoms with van der Waals surface area (Å²) in [5, 5.41) is 3.53. The van der Waals surface area contributed by atoms with Crippen molar-refractivity contribution >= 4 is 28.5 Å². The number of aromatic nitrogens is 2. The highest BCUT2D eigenvalue weighted by atomic mass is 32.2. The van der Waals surface area contributed by atoms with E-state index in [-0.39, 0.29) is 11.7 Å². The molecular formula is C16H17N3OS. The first-order chi connectivity index (χ1) is 10.2. The third kappa shape index (κ3) is 2.83. The molecule has 1 unspecified atom stereocenters. The van der Waals surface area contributed by atoms with Gasteiger partial charge in [-0.2, -0.15) is 0 Å². The number of aromatic amines is 2. The molecular weight excluding hydrogens is 282 g/mol. The lowest BCUT2D eigenvalue weighted by molar-refractivity contribution is 0.881. The number of imidazole rings is 1. The van der Waals surface area contributed by atoms with Gasteiger partial charge in [-0.15, -0.1) is 11.8 Å². The summed E-state index contributed by atoms with van der Waals surface area (Å²) in [6.07, 6.45) is 2.07. The minimum atomic E-state index is -0.171. The number of H-pyrrole nitrogens is 2. The van der Waals surface area contributed by atoms with E-state index in [1.807, 2.05) is 30.3 Å². The van der Waals surface area contributed by atoms with Gasteiger partial charge in [0.25, 0.3) is 0 Å². The summed E-state index contributed by atoms with van der Waals surface area (Å²) < 4.78 is 0. The second kappa shape index (κ2) is 5.69. The fourth-order valence-corrected chi connectivity index (χ4v) is 2.96. The van der Waals surface area contributed by atoms with Gasteiger partial charge in [0.05, 0.1) is 11.0 Å². The minimum Gasteiger partial charge on any atom is -0.378 e. The van der Waals surface area contributed by atoms with E-state index in [1.54, 1.807) is 11.8 Å². The molecule has 3 N–H and O–H groups in total. The SMILES string of the molecule is CSc1ccccc1NC(C)c1ccc2[nH]c(=O)[nH]c2c1. The molecule has 3 aromatic rings. The van der Waals surface area contributed by atoms with E-state index in [0.717, 1.165) is 22.3 Å². The van der Waals surface area contributed by atoms with Crippen molar-refractivity contribution in [1.82, 2.24) is 9.97 Å². The van der Waals surface area contributed by atoms with Crippen molar-refractivity contribution in [2.24, 2.45) is 0 Å². The van der Waals surface area contributed by atoms with Gasteiger partial charge in [0, 0.05) is 16.6 Å². The van der Waals surface area contributed by atoms with Gasteiger partial charge in [-0.05, 0) is 43.0 Å². The van der Waals surface area contributed by atoms with Gasteiger partial charge in [0.15, 0.2) is 0 Å². The van der Waals surface area contributed by atoms with E-state index >= 15 is 0 Å². The van der Waals surface area contributed by atoms with E-state index < -0.39 is 0 Å². The van der Waals surface area contributed by atoms with Gasteiger partial charge in [-0.3, -0.25) is 0 Å². The molecule has 2 aromatic carbocycles. The van der Waals surface area contributed by atoms with E-state index in [2.05, 4.69) is 40.6 Å². The van der Waals surface area contributed by atoms with Crippen molar-refractivity contribution in [2.45, 2.75) is 17.9 Å². The van der Waals surface area contributed by atoms with Crippen LogP contribution < -0.4 is 11.0 Å². The highest BCUT2D eigenvalue weighted by molar-refractivity contribution is 7.98. The third-order valence-electron chi connectivity index (χ3n) is 3.52. The number of anilines is 1. The molecule has 108 valence electrons. The molecule has 5 heteroatoms. The van der Waals surface area contributed by atoms with Crippen molar-refractivity contribution in [2.75, 3.05) is 11.6 Å². The average Bonchev–Trinajstić information content (AvgIpc) is 2.86. The van der Waals surface area contributed by atoms with E-state index in [4.69, 9.17) is 0 Å². The Kier molecular flexibility index (Phi) is 3.75. The lowest BCUT2D eigenvalue weighted by atomic mass is 10.1. The first-order valence-corrected chi connectivity index (χ1v) is 8.01. The average molecular weight is 299 g/mol. The second-order valence-corrected chi connectivity index (χ2v) is 5.80. The van der Waals surface area contributed by atoms with E-state index in [1.165, 1.54) is 4.90 Å². The molecule has 0 aliphatic heterocycles. The Bertz CT molecular complexity index is 822.